The van der Waals surface area contributed by atoms with E-state index in [4.69, 9.17) is 19.3 Å². The maximum absolute atomic E-state index is 14.6. The molecule has 1 aliphatic rings. The molecule has 0 bridgehead atoms. The smallest absolute Gasteiger partial charge is 0.407 e. The highest BCUT2D eigenvalue weighted by molar-refractivity contribution is 5.94. The van der Waals surface area contributed by atoms with Crippen molar-refractivity contribution in [1.29, 1.82) is 0 Å². The SMILES string of the molecule is Cc1c(F)cc(-c2nn(C3CCO3)c3ccc(OCCCNC(=O)OCc4ccccc4)cc23)cc1CO. The predicted octanol–water partition coefficient (Wildman–Crippen LogP) is 5.26. The number of halogens is 1. The van der Waals surface area contributed by atoms with Gasteiger partial charge >= 0.3 is 6.09 Å². The molecule has 0 radical (unpaired) electrons. The molecule has 9 heteroatoms. The van der Waals surface area contributed by atoms with Gasteiger partial charge < -0.3 is 24.6 Å². The molecular formula is C29H30FN3O5. The summed E-state index contributed by atoms with van der Waals surface area (Å²) in [6, 6.07) is 18.4. The van der Waals surface area contributed by atoms with Gasteiger partial charge in [0.25, 0.3) is 0 Å². The number of carbonyl (C=O) groups is 1. The molecule has 1 atom stereocenters. The van der Waals surface area contributed by atoms with Crippen molar-refractivity contribution < 1.29 is 28.5 Å². The van der Waals surface area contributed by atoms with Gasteiger partial charge in [0, 0.05) is 23.9 Å². The third kappa shape index (κ3) is 5.64. The lowest BCUT2D eigenvalue weighted by Crippen LogP contribution is -2.26. The number of nitrogens with zero attached hydrogens (tertiary/aromatic N) is 2. The Balaban J connectivity index is 1.24. The highest BCUT2D eigenvalue weighted by Gasteiger charge is 2.25. The predicted molar refractivity (Wildman–Crippen MR) is 140 cm³/mol. The van der Waals surface area contributed by atoms with Crippen LogP contribution in [0.15, 0.2) is 60.7 Å². The van der Waals surface area contributed by atoms with Crippen molar-refractivity contribution in [3.05, 3.63) is 83.2 Å². The van der Waals surface area contributed by atoms with Gasteiger partial charge in [0.05, 0.1) is 25.3 Å². The summed E-state index contributed by atoms with van der Waals surface area (Å²) < 4.78 is 33.3. The van der Waals surface area contributed by atoms with Gasteiger partial charge in [0.2, 0.25) is 0 Å². The van der Waals surface area contributed by atoms with Crippen molar-refractivity contribution in [2.24, 2.45) is 0 Å². The molecular weight excluding hydrogens is 489 g/mol. The Hall–Kier alpha value is -3.95. The zero-order valence-corrected chi connectivity index (χ0v) is 21.2. The fourth-order valence-corrected chi connectivity index (χ4v) is 4.32. The minimum atomic E-state index is -0.474. The van der Waals surface area contributed by atoms with Crippen LogP contribution in [0, 0.1) is 12.7 Å². The summed E-state index contributed by atoms with van der Waals surface area (Å²) in [4.78, 5) is 11.9. The van der Waals surface area contributed by atoms with Crippen molar-refractivity contribution in [2.75, 3.05) is 19.8 Å². The molecule has 8 nitrogen and oxygen atoms in total. The monoisotopic (exact) mass is 519 g/mol. The fraction of sp³-hybridized carbons (Fsp3) is 0.310. The Morgan fingerprint density at radius 1 is 1.21 bits per heavy atom. The highest BCUT2D eigenvalue weighted by atomic mass is 19.1. The van der Waals surface area contributed by atoms with E-state index in [1.807, 2.05) is 53.2 Å². The number of nitrogens with one attached hydrogen (secondary N) is 1. The molecule has 1 aliphatic heterocycles. The van der Waals surface area contributed by atoms with E-state index in [2.05, 4.69) is 5.32 Å². The number of alkyl carbamates (subject to hydrolysis) is 1. The molecule has 4 aromatic rings. The summed E-state index contributed by atoms with van der Waals surface area (Å²) in [5.74, 6) is 0.241. The second kappa shape index (κ2) is 11.6. The molecule has 3 aromatic carbocycles. The summed E-state index contributed by atoms with van der Waals surface area (Å²) in [5.41, 5.74) is 3.89. The van der Waals surface area contributed by atoms with E-state index in [-0.39, 0.29) is 19.4 Å². The summed E-state index contributed by atoms with van der Waals surface area (Å²) in [6.07, 6.45) is 0.791. The molecule has 1 amide bonds. The second-order valence-corrected chi connectivity index (χ2v) is 9.18. The maximum atomic E-state index is 14.6. The molecule has 1 saturated heterocycles. The van der Waals surface area contributed by atoms with Crippen molar-refractivity contribution in [1.82, 2.24) is 15.1 Å². The van der Waals surface area contributed by atoms with Crippen molar-refractivity contribution >= 4 is 17.0 Å². The van der Waals surface area contributed by atoms with Crippen LogP contribution in [-0.4, -0.2) is 40.7 Å². The van der Waals surface area contributed by atoms with Crippen molar-refractivity contribution in [3.8, 4) is 17.0 Å². The molecule has 38 heavy (non-hydrogen) atoms. The average Bonchev–Trinajstić information content (AvgIpc) is 3.26. The fourth-order valence-electron chi connectivity index (χ4n) is 4.32. The van der Waals surface area contributed by atoms with Crippen LogP contribution in [-0.2, 0) is 22.7 Å². The van der Waals surface area contributed by atoms with Gasteiger partial charge in [-0.3, -0.25) is 0 Å². The van der Waals surface area contributed by atoms with Crippen LogP contribution in [0.3, 0.4) is 0 Å². The number of rotatable bonds is 10. The zero-order chi connectivity index (χ0) is 26.5. The number of fused-ring (bicyclic) bond motifs is 1. The van der Waals surface area contributed by atoms with Crippen LogP contribution >= 0.6 is 0 Å². The first-order chi connectivity index (χ1) is 18.5. The van der Waals surface area contributed by atoms with Crippen molar-refractivity contribution in [3.63, 3.8) is 0 Å². The van der Waals surface area contributed by atoms with E-state index in [1.54, 1.807) is 13.0 Å². The summed E-state index contributed by atoms with van der Waals surface area (Å²) in [6.45, 7) is 3.06. The number of amides is 1. The molecule has 198 valence electrons. The third-order valence-corrected chi connectivity index (χ3v) is 6.59. The molecule has 1 unspecified atom stereocenters. The number of aromatic nitrogens is 2. The molecule has 2 N–H and O–H groups in total. The Bertz CT molecular complexity index is 1420. The van der Waals surface area contributed by atoms with Crippen LogP contribution < -0.4 is 10.1 Å². The summed E-state index contributed by atoms with van der Waals surface area (Å²) in [7, 11) is 0. The molecule has 0 aliphatic carbocycles. The van der Waals surface area contributed by atoms with Crippen LogP contribution in [0.25, 0.3) is 22.2 Å². The zero-order valence-electron chi connectivity index (χ0n) is 21.2. The van der Waals surface area contributed by atoms with Gasteiger partial charge in [0.15, 0.2) is 6.23 Å². The van der Waals surface area contributed by atoms with E-state index in [0.717, 1.165) is 22.9 Å². The molecule has 1 aromatic heterocycles. The van der Waals surface area contributed by atoms with Crippen LogP contribution in [0.2, 0.25) is 0 Å². The highest BCUT2D eigenvalue weighted by Crippen LogP contribution is 2.36. The first-order valence-corrected chi connectivity index (χ1v) is 12.6. The largest absolute Gasteiger partial charge is 0.494 e. The Morgan fingerprint density at radius 2 is 2.03 bits per heavy atom. The van der Waals surface area contributed by atoms with Gasteiger partial charge in [0.1, 0.15) is 23.9 Å². The van der Waals surface area contributed by atoms with Gasteiger partial charge in [-0.25, -0.2) is 13.9 Å². The van der Waals surface area contributed by atoms with Crippen LogP contribution in [0.4, 0.5) is 9.18 Å². The van der Waals surface area contributed by atoms with E-state index >= 15 is 0 Å². The first kappa shape index (κ1) is 25.7. The normalized spacial score (nSPS) is 14.8. The Kier molecular flexibility index (Phi) is 7.86. The van der Waals surface area contributed by atoms with Gasteiger partial charge in [-0.1, -0.05) is 30.3 Å². The second-order valence-electron chi connectivity index (χ2n) is 9.18. The van der Waals surface area contributed by atoms with E-state index < -0.39 is 11.9 Å². The standard InChI is InChI=1S/C29H30FN3O5/c1-19-22(17-34)14-21(15-25(19)30)28-24-16-23(8-9-26(24)33(32-28)27-10-13-37-27)36-12-5-11-31-29(35)38-18-20-6-3-2-4-7-20/h2-4,6-9,14-16,27,34H,5,10-13,17-18H2,1H3,(H,31,35). The number of aliphatic hydroxyl groups is 1. The number of ether oxygens (including phenoxy) is 3. The molecule has 0 spiro atoms. The lowest BCUT2D eigenvalue weighted by Gasteiger charge is -2.27. The number of benzene rings is 3. The third-order valence-electron chi connectivity index (χ3n) is 6.59. The number of aliphatic hydroxyl groups excluding tert-OH is 1. The average molecular weight is 520 g/mol. The van der Waals surface area contributed by atoms with E-state index in [0.29, 0.717) is 54.3 Å². The Labute approximate surface area is 219 Å². The molecule has 2 heterocycles. The molecule has 5 rings (SSSR count). The Morgan fingerprint density at radius 3 is 2.76 bits per heavy atom. The lowest BCUT2D eigenvalue weighted by atomic mass is 10.0. The quantitative estimate of drug-likeness (QED) is 0.278. The van der Waals surface area contributed by atoms with Crippen molar-refractivity contribution in [2.45, 2.75) is 39.2 Å². The summed E-state index contributed by atoms with van der Waals surface area (Å²) in [5, 5.41) is 18.0. The minimum absolute atomic E-state index is 0.168. The summed E-state index contributed by atoms with van der Waals surface area (Å²) >= 11 is 0. The topological polar surface area (TPSA) is 94.8 Å². The maximum Gasteiger partial charge on any atom is 0.407 e. The van der Waals surface area contributed by atoms with Gasteiger partial charge in [-0.05, 0) is 60.4 Å². The number of hydrogen-bond donors (Lipinski definition) is 2. The van der Waals surface area contributed by atoms with Crippen LogP contribution in [0.5, 0.6) is 5.75 Å². The molecule has 0 saturated carbocycles. The first-order valence-electron chi connectivity index (χ1n) is 12.6. The van der Waals surface area contributed by atoms with E-state index in [1.165, 1.54) is 6.07 Å². The molecule has 1 fully saturated rings. The van der Waals surface area contributed by atoms with Gasteiger partial charge in [-0.2, -0.15) is 5.10 Å². The van der Waals surface area contributed by atoms with Gasteiger partial charge in [-0.15, -0.1) is 0 Å². The minimum Gasteiger partial charge on any atom is -0.494 e. The number of carbonyl (C=O) groups excluding carboxylic acids is 1. The number of hydrogen-bond acceptors (Lipinski definition) is 6. The van der Waals surface area contributed by atoms with E-state index in [9.17, 15) is 14.3 Å². The van der Waals surface area contributed by atoms with Crippen LogP contribution in [0.1, 0.15) is 35.8 Å². The lowest BCUT2D eigenvalue weighted by molar-refractivity contribution is -0.104.